The molecule has 1 amide bonds. The molecule has 0 N–H and O–H groups in total. The van der Waals surface area contributed by atoms with Gasteiger partial charge in [-0.1, -0.05) is 0 Å². The third kappa shape index (κ3) is 4.68. The second kappa shape index (κ2) is 7.95. The fourth-order valence-electron chi connectivity index (χ4n) is 4.42. The van der Waals surface area contributed by atoms with Gasteiger partial charge in [-0.15, -0.1) is 0 Å². The van der Waals surface area contributed by atoms with Gasteiger partial charge in [-0.25, -0.2) is 0 Å². The number of likely N-dealkylation sites (N-methyl/N-ethyl adjacent to an activating group) is 1. The molecule has 3 heterocycles. The lowest BCUT2D eigenvalue weighted by molar-refractivity contribution is -0.134. The number of nitrogens with zero attached hydrogens (tertiary/aromatic N) is 4. The van der Waals surface area contributed by atoms with Crippen LogP contribution >= 0.6 is 0 Å². The van der Waals surface area contributed by atoms with Crippen LogP contribution in [-0.4, -0.2) is 98.5 Å². The van der Waals surface area contributed by atoms with Crippen LogP contribution in [-0.2, 0) is 4.79 Å². The Morgan fingerprint density at radius 2 is 1.22 bits per heavy atom. The SMILES string of the molecule is CN1CCC(C2CCN(C(=O)CN3CCN(C)CC3)CC2)CC1. The summed E-state index contributed by atoms with van der Waals surface area (Å²) in [5.41, 5.74) is 0. The number of piperazine rings is 1. The van der Waals surface area contributed by atoms with Crippen molar-refractivity contribution in [1.29, 1.82) is 0 Å². The highest BCUT2D eigenvalue weighted by Gasteiger charge is 2.30. The van der Waals surface area contributed by atoms with Crippen molar-refractivity contribution >= 4 is 5.91 Å². The maximum Gasteiger partial charge on any atom is 0.236 e. The smallest absolute Gasteiger partial charge is 0.236 e. The van der Waals surface area contributed by atoms with Crippen molar-refractivity contribution in [2.24, 2.45) is 11.8 Å². The maximum atomic E-state index is 12.5. The van der Waals surface area contributed by atoms with E-state index in [0.29, 0.717) is 12.5 Å². The molecule has 132 valence electrons. The number of piperidine rings is 2. The molecule has 0 bridgehead atoms. The predicted molar refractivity (Wildman–Crippen MR) is 93.5 cm³/mol. The van der Waals surface area contributed by atoms with Gasteiger partial charge in [0.15, 0.2) is 0 Å². The molecule has 0 aromatic rings. The molecule has 0 radical (unpaired) electrons. The van der Waals surface area contributed by atoms with Crippen LogP contribution in [0.3, 0.4) is 0 Å². The zero-order valence-corrected chi connectivity index (χ0v) is 15.0. The zero-order valence-electron chi connectivity index (χ0n) is 15.0. The van der Waals surface area contributed by atoms with E-state index >= 15 is 0 Å². The Morgan fingerprint density at radius 1 is 0.739 bits per heavy atom. The fourth-order valence-corrected chi connectivity index (χ4v) is 4.42. The number of rotatable bonds is 3. The lowest BCUT2D eigenvalue weighted by atomic mass is 9.79. The standard InChI is InChI=1S/C18H34N4O/c1-19-7-3-16(4-8-19)17-5-9-22(10-6-17)18(23)15-21-13-11-20(2)12-14-21/h16-17H,3-15H2,1-2H3. The highest BCUT2D eigenvalue weighted by Crippen LogP contribution is 2.32. The van der Waals surface area contributed by atoms with Crippen molar-refractivity contribution in [3.8, 4) is 0 Å². The quantitative estimate of drug-likeness (QED) is 0.769. The van der Waals surface area contributed by atoms with Gasteiger partial charge in [0.05, 0.1) is 6.54 Å². The van der Waals surface area contributed by atoms with Crippen LogP contribution in [0, 0.1) is 11.8 Å². The third-order valence-corrected chi connectivity index (χ3v) is 6.28. The highest BCUT2D eigenvalue weighted by molar-refractivity contribution is 5.78. The van der Waals surface area contributed by atoms with Gasteiger partial charge in [-0.3, -0.25) is 9.69 Å². The molecule has 0 spiro atoms. The normalized spacial score (nSPS) is 27.5. The number of likely N-dealkylation sites (tertiary alicyclic amines) is 2. The van der Waals surface area contributed by atoms with Crippen LogP contribution in [0.1, 0.15) is 25.7 Å². The van der Waals surface area contributed by atoms with Gasteiger partial charge in [-0.05, 0) is 64.7 Å². The molecule has 23 heavy (non-hydrogen) atoms. The molecule has 0 aromatic heterocycles. The molecule has 0 atom stereocenters. The average Bonchev–Trinajstić information content (AvgIpc) is 2.58. The lowest BCUT2D eigenvalue weighted by Crippen LogP contribution is -2.50. The van der Waals surface area contributed by atoms with E-state index in [1.807, 2.05) is 0 Å². The summed E-state index contributed by atoms with van der Waals surface area (Å²) in [6.07, 6.45) is 5.17. The Hall–Kier alpha value is -0.650. The zero-order chi connectivity index (χ0) is 16.2. The summed E-state index contributed by atoms with van der Waals surface area (Å²) in [5, 5.41) is 0. The monoisotopic (exact) mass is 322 g/mol. The lowest BCUT2D eigenvalue weighted by Gasteiger charge is -2.40. The number of carbonyl (C=O) groups is 1. The Balaban J connectivity index is 1.39. The molecule has 3 fully saturated rings. The van der Waals surface area contributed by atoms with E-state index in [2.05, 4.69) is 33.7 Å². The van der Waals surface area contributed by atoms with Gasteiger partial charge >= 0.3 is 0 Å². The molecule has 3 rings (SSSR count). The second-order valence-electron chi connectivity index (χ2n) is 7.94. The third-order valence-electron chi connectivity index (χ3n) is 6.28. The fraction of sp³-hybridized carbons (Fsp3) is 0.944. The molecular weight excluding hydrogens is 288 g/mol. The minimum Gasteiger partial charge on any atom is -0.342 e. The molecule has 0 aliphatic carbocycles. The second-order valence-corrected chi connectivity index (χ2v) is 7.94. The Morgan fingerprint density at radius 3 is 1.78 bits per heavy atom. The summed E-state index contributed by atoms with van der Waals surface area (Å²) in [4.78, 5) is 21.8. The van der Waals surface area contributed by atoms with Gasteiger partial charge in [0.1, 0.15) is 0 Å². The van der Waals surface area contributed by atoms with Crippen LogP contribution in [0.4, 0.5) is 0 Å². The van der Waals surface area contributed by atoms with Crippen molar-refractivity contribution in [3.63, 3.8) is 0 Å². The molecule has 0 saturated carbocycles. The molecule has 5 nitrogen and oxygen atoms in total. The van der Waals surface area contributed by atoms with Crippen molar-refractivity contribution in [1.82, 2.24) is 19.6 Å². The molecule has 5 heteroatoms. The van der Waals surface area contributed by atoms with Crippen LogP contribution in [0.15, 0.2) is 0 Å². The number of carbonyl (C=O) groups excluding carboxylic acids is 1. The number of hydrogen-bond donors (Lipinski definition) is 0. The summed E-state index contributed by atoms with van der Waals surface area (Å²) in [7, 11) is 4.39. The summed E-state index contributed by atoms with van der Waals surface area (Å²) < 4.78 is 0. The predicted octanol–water partition coefficient (Wildman–Crippen LogP) is 0.814. The molecule has 0 unspecified atom stereocenters. The minimum atomic E-state index is 0.358. The van der Waals surface area contributed by atoms with E-state index in [1.54, 1.807) is 0 Å². The van der Waals surface area contributed by atoms with E-state index in [4.69, 9.17) is 0 Å². The molecule has 0 aromatic carbocycles. The van der Waals surface area contributed by atoms with Crippen molar-refractivity contribution in [2.75, 3.05) is 73.0 Å². The first-order chi connectivity index (χ1) is 11.1. The first kappa shape index (κ1) is 17.2. The number of hydrogen-bond acceptors (Lipinski definition) is 4. The van der Waals surface area contributed by atoms with Crippen molar-refractivity contribution in [2.45, 2.75) is 25.7 Å². The van der Waals surface area contributed by atoms with E-state index in [1.165, 1.54) is 38.8 Å². The topological polar surface area (TPSA) is 30.0 Å². The Kier molecular flexibility index (Phi) is 5.94. The Bertz CT molecular complexity index is 378. The molecule has 3 saturated heterocycles. The van der Waals surface area contributed by atoms with Gasteiger partial charge in [0.25, 0.3) is 0 Å². The van der Waals surface area contributed by atoms with Crippen LogP contribution in [0.5, 0.6) is 0 Å². The van der Waals surface area contributed by atoms with Gasteiger partial charge in [-0.2, -0.15) is 0 Å². The van der Waals surface area contributed by atoms with Gasteiger partial charge in [0, 0.05) is 39.3 Å². The van der Waals surface area contributed by atoms with Crippen molar-refractivity contribution < 1.29 is 4.79 Å². The first-order valence-electron chi connectivity index (χ1n) is 9.49. The summed E-state index contributed by atoms with van der Waals surface area (Å²) in [5.74, 6) is 2.12. The van der Waals surface area contributed by atoms with Gasteiger partial charge in [0.2, 0.25) is 5.91 Å². The van der Waals surface area contributed by atoms with Crippen LogP contribution in [0.2, 0.25) is 0 Å². The summed E-state index contributed by atoms with van der Waals surface area (Å²) >= 11 is 0. The van der Waals surface area contributed by atoms with Crippen LogP contribution < -0.4 is 0 Å². The molecular formula is C18H34N4O. The Labute approximate surface area is 141 Å². The average molecular weight is 322 g/mol. The van der Waals surface area contributed by atoms with E-state index < -0.39 is 0 Å². The van der Waals surface area contributed by atoms with Crippen molar-refractivity contribution in [3.05, 3.63) is 0 Å². The van der Waals surface area contributed by atoms with E-state index in [0.717, 1.165) is 51.1 Å². The molecule has 3 aliphatic heterocycles. The first-order valence-corrected chi connectivity index (χ1v) is 9.49. The van der Waals surface area contributed by atoms with Gasteiger partial charge < -0.3 is 14.7 Å². The summed E-state index contributed by atoms with van der Waals surface area (Å²) in [6, 6.07) is 0. The van der Waals surface area contributed by atoms with E-state index in [-0.39, 0.29) is 0 Å². The molecule has 3 aliphatic rings. The highest BCUT2D eigenvalue weighted by atomic mass is 16.2. The van der Waals surface area contributed by atoms with E-state index in [9.17, 15) is 4.79 Å². The summed E-state index contributed by atoms with van der Waals surface area (Å²) in [6.45, 7) is 9.37. The largest absolute Gasteiger partial charge is 0.342 e. The maximum absolute atomic E-state index is 12.5. The minimum absolute atomic E-state index is 0.358. The number of amides is 1. The van der Waals surface area contributed by atoms with Crippen LogP contribution in [0.25, 0.3) is 0 Å².